The molecule has 1 aromatic carbocycles. The van der Waals surface area contributed by atoms with Gasteiger partial charge in [0.2, 0.25) is 0 Å². The second-order valence-electron chi connectivity index (χ2n) is 5.93. The Hall–Kier alpha value is -2.67. The average Bonchev–Trinajstić information content (AvgIpc) is 3.13. The van der Waals surface area contributed by atoms with Crippen LogP contribution >= 0.6 is 0 Å². The zero-order valence-corrected chi connectivity index (χ0v) is 14.2. The monoisotopic (exact) mass is 342 g/mol. The number of aromatic nitrogens is 2. The number of ether oxygens (including phenoxy) is 1. The molecule has 1 amide bonds. The Balaban J connectivity index is 1.62. The highest BCUT2D eigenvalue weighted by atomic mass is 16.5. The van der Waals surface area contributed by atoms with E-state index in [2.05, 4.69) is 15.7 Å². The summed E-state index contributed by atoms with van der Waals surface area (Å²) in [6.45, 7) is 4.00. The summed E-state index contributed by atoms with van der Waals surface area (Å²) in [5.41, 5.74) is 1.43. The zero-order valence-electron chi connectivity index (χ0n) is 14.2. The summed E-state index contributed by atoms with van der Waals surface area (Å²) in [5.74, 6) is -0.647. The van der Waals surface area contributed by atoms with Gasteiger partial charge in [0.25, 0.3) is 5.91 Å². The summed E-state index contributed by atoms with van der Waals surface area (Å²) in [4.78, 5) is 24.0. The topological polar surface area (TPSA) is 85.2 Å². The molecule has 1 aliphatic rings. The third kappa shape index (κ3) is 4.24. The Bertz CT molecular complexity index is 733. The number of carbonyl (C=O) groups excluding carboxylic acids is 2. The molecule has 1 unspecified atom stereocenters. The number of nitrogens with one attached hydrogen (secondary N) is 2. The minimum atomic E-state index is -0.375. The van der Waals surface area contributed by atoms with Crippen molar-refractivity contribution in [2.24, 2.45) is 0 Å². The fourth-order valence-electron chi connectivity index (χ4n) is 2.82. The highest BCUT2D eigenvalue weighted by Gasteiger charge is 2.18. The van der Waals surface area contributed by atoms with E-state index >= 15 is 0 Å². The number of hydrogen-bond donors (Lipinski definition) is 2. The summed E-state index contributed by atoms with van der Waals surface area (Å²) >= 11 is 0. The Labute approximate surface area is 146 Å². The van der Waals surface area contributed by atoms with E-state index in [4.69, 9.17) is 4.74 Å². The number of nitrogens with zero attached hydrogens (tertiary/aromatic N) is 2. The smallest absolute Gasteiger partial charge is 0.338 e. The lowest BCUT2D eigenvalue weighted by atomic mass is 10.1. The van der Waals surface area contributed by atoms with Crippen LogP contribution in [0.2, 0.25) is 0 Å². The Kier molecular flexibility index (Phi) is 5.45. The van der Waals surface area contributed by atoms with Gasteiger partial charge in [-0.2, -0.15) is 5.10 Å². The third-order valence-corrected chi connectivity index (χ3v) is 4.14. The molecule has 2 N–H and O–H groups in total. The van der Waals surface area contributed by atoms with Crippen LogP contribution in [0, 0.1) is 0 Å². The number of esters is 1. The maximum absolute atomic E-state index is 12.3. The minimum Gasteiger partial charge on any atom is -0.462 e. The summed E-state index contributed by atoms with van der Waals surface area (Å²) in [6.07, 6.45) is 4.01. The molecule has 0 spiro atoms. The van der Waals surface area contributed by atoms with Crippen molar-refractivity contribution in [2.45, 2.75) is 25.8 Å². The van der Waals surface area contributed by atoms with Crippen molar-refractivity contribution in [3.8, 4) is 0 Å². The minimum absolute atomic E-state index is 0.272. The normalized spacial score (nSPS) is 17.1. The van der Waals surface area contributed by atoms with Crippen LogP contribution in [0.1, 0.15) is 46.7 Å². The molecule has 132 valence electrons. The predicted molar refractivity (Wildman–Crippen MR) is 93.7 cm³/mol. The van der Waals surface area contributed by atoms with Gasteiger partial charge in [0.1, 0.15) is 0 Å². The van der Waals surface area contributed by atoms with Crippen LogP contribution in [0.15, 0.2) is 36.5 Å². The molecule has 1 aromatic heterocycles. The van der Waals surface area contributed by atoms with Gasteiger partial charge in [-0.05, 0) is 56.6 Å². The van der Waals surface area contributed by atoms with Crippen LogP contribution in [0.25, 0.3) is 0 Å². The molecule has 1 fully saturated rings. The molecule has 0 bridgehead atoms. The molecule has 0 radical (unpaired) electrons. The van der Waals surface area contributed by atoms with Gasteiger partial charge in [-0.25, -0.2) is 4.79 Å². The molecular weight excluding hydrogens is 320 g/mol. The van der Waals surface area contributed by atoms with Gasteiger partial charge >= 0.3 is 5.97 Å². The molecular formula is C18H22N4O3. The van der Waals surface area contributed by atoms with Crippen molar-refractivity contribution >= 4 is 17.6 Å². The van der Waals surface area contributed by atoms with Crippen LogP contribution in [0.3, 0.4) is 0 Å². The summed E-state index contributed by atoms with van der Waals surface area (Å²) in [5, 5.41) is 10.5. The van der Waals surface area contributed by atoms with Crippen molar-refractivity contribution in [3.63, 3.8) is 0 Å². The van der Waals surface area contributed by atoms with E-state index in [9.17, 15) is 9.59 Å². The first-order valence-corrected chi connectivity index (χ1v) is 8.52. The SMILES string of the molecule is CCOC(=O)c1ccc(NC(=O)c2ccn(C3CCCNC3)n2)cc1. The molecule has 2 aromatic rings. The number of hydrogen-bond acceptors (Lipinski definition) is 5. The van der Waals surface area contributed by atoms with Crippen molar-refractivity contribution in [2.75, 3.05) is 25.0 Å². The molecule has 0 saturated carbocycles. The van der Waals surface area contributed by atoms with E-state index in [1.807, 2.05) is 10.9 Å². The first kappa shape index (κ1) is 17.2. The summed E-state index contributed by atoms with van der Waals surface area (Å²) in [7, 11) is 0. The first-order valence-electron chi connectivity index (χ1n) is 8.52. The van der Waals surface area contributed by atoms with E-state index in [1.54, 1.807) is 37.3 Å². The molecule has 1 saturated heterocycles. The maximum Gasteiger partial charge on any atom is 0.338 e. The van der Waals surface area contributed by atoms with E-state index in [1.165, 1.54) is 0 Å². The van der Waals surface area contributed by atoms with Crippen molar-refractivity contribution in [3.05, 3.63) is 47.8 Å². The number of carbonyl (C=O) groups is 2. The highest BCUT2D eigenvalue weighted by Crippen LogP contribution is 2.16. The van der Waals surface area contributed by atoms with Gasteiger partial charge in [-0.1, -0.05) is 0 Å². The highest BCUT2D eigenvalue weighted by molar-refractivity contribution is 6.03. The molecule has 1 atom stereocenters. The van der Waals surface area contributed by atoms with Crippen molar-refractivity contribution in [1.82, 2.24) is 15.1 Å². The van der Waals surface area contributed by atoms with E-state index in [0.717, 1.165) is 25.9 Å². The van der Waals surface area contributed by atoms with Crippen LogP contribution in [0.4, 0.5) is 5.69 Å². The number of piperidine rings is 1. The van der Waals surface area contributed by atoms with Gasteiger partial charge in [-0.15, -0.1) is 0 Å². The first-order chi connectivity index (χ1) is 12.2. The quantitative estimate of drug-likeness (QED) is 0.814. The lowest BCUT2D eigenvalue weighted by molar-refractivity contribution is 0.0526. The molecule has 25 heavy (non-hydrogen) atoms. The molecule has 1 aliphatic heterocycles. The van der Waals surface area contributed by atoms with Crippen molar-refractivity contribution < 1.29 is 14.3 Å². The molecule has 0 aliphatic carbocycles. The van der Waals surface area contributed by atoms with Crippen molar-refractivity contribution in [1.29, 1.82) is 0 Å². The standard InChI is InChI=1S/C18H22N4O3/c1-2-25-18(24)13-5-7-14(8-6-13)20-17(23)16-9-11-22(21-16)15-4-3-10-19-12-15/h5-9,11,15,19H,2-4,10,12H2,1H3,(H,20,23). The molecule has 3 rings (SSSR count). The Morgan fingerprint density at radius 2 is 2.12 bits per heavy atom. The van der Waals surface area contributed by atoms with Crippen LogP contribution in [0.5, 0.6) is 0 Å². The fourth-order valence-corrected chi connectivity index (χ4v) is 2.82. The Morgan fingerprint density at radius 1 is 1.32 bits per heavy atom. The Morgan fingerprint density at radius 3 is 2.80 bits per heavy atom. The third-order valence-electron chi connectivity index (χ3n) is 4.14. The lowest BCUT2D eigenvalue weighted by Crippen LogP contribution is -2.32. The van der Waals surface area contributed by atoms with Crippen LogP contribution in [-0.4, -0.2) is 41.4 Å². The second-order valence-corrected chi connectivity index (χ2v) is 5.93. The van der Waals surface area contributed by atoms with Gasteiger partial charge < -0.3 is 15.4 Å². The van der Waals surface area contributed by atoms with Crippen LogP contribution < -0.4 is 10.6 Å². The summed E-state index contributed by atoms with van der Waals surface area (Å²) in [6, 6.07) is 8.61. The van der Waals surface area contributed by atoms with Gasteiger partial charge in [0.15, 0.2) is 5.69 Å². The number of rotatable bonds is 5. The van der Waals surface area contributed by atoms with Gasteiger partial charge in [-0.3, -0.25) is 9.48 Å². The largest absolute Gasteiger partial charge is 0.462 e. The number of amides is 1. The number of benzene rings is 1. The summed E-state index contributed by atoms with van der Waals surface area (Å²) < 4.78 is 6.79. The number of anilines is 1. The van der Waals surface area contributed by atoms with Gasteiger partial charge in [0.05, 0.1) is 18.2 Å². The zero-order chi connectivity index (χ0) is 17.6. The van der Waals surface area contributed by atoms with E-state index < -0.39 is 0 Å². The predicted octanol–water partition coefficient (Wildman–Crippen LogP) is 2.24. The van der Waals surface area contributed by atoms with E-state index in [-0.39, 0.29) is 11.9 Å². The second kappa shape index (κ2) is 7.94. The molecule has 7 nitrogen and oxygen atoms in total. The maximum atomic E-state index is 12.3. The van der Waals surface area contributed by atoms with Crippen LogP contribution in [-0.2, 0) is 4.74 Å². The van der Waals surface area contributed by atoms with E-state index in [0.29, 0.717) is 29.6 Å². The molecule has 7 heteroatoms. The fraction of sp³-hybridized carbons (Fsp3) is 0.389. The van der Waals surface area contributed by atoms with Gasteiger partial charge in [0, 0.05) is 18.4 Å². The molecule has 2 heterocycles. The lowest BCUT2D eigenvalue weighted by Gasteiger charge is -2.22. The average molecular weight is 342 g/mol.